The summed E-state index contributed by atoms with van der Waals surface area (Å²) >= 11 is 3.45. The van der Waals surface area contributed by atoms with Gasteiger partial charge in [0.2, 0.25) is 0 Å². The van der Waals surface area contributed by atoms with E-state index in [1.807, 2.05) is 24.3 Å². The van der Waals surface area contributed by atoms with Gasteiger partial charge in [0.1, 0.15) is 28.5 Å². The molecule has 0 fully saturated rings. The molecular formula is C13H15BrN2O2. The molecule has 0 bridgehead atoms. The number of hydrogen-bond donors (Lipinski definition) is 0. The fraction of sp³-hybridized carbons (Fsp3) is 0.308. The molecule has 0 unspecified atom stereocenters. The maximum atomic E-state index is 5.71. The number of rotatable bonds is 5. The van der Waals surface area contributed by atoms with E-state index in [-0.39, 0.29) is 0 Å². The Hall–Kier alpha value is -1.49. The molecule has 18 heavy (non-hydrogen) atoms. The van der Waals surface area contributed by atoms with Crippen LogP contribution in [0.5, 0.6) is 11.5 Å². The number of ether oxygens (including phenoxy) is 2. The van der Waals surface area contributed by atoms with Gasteiger partial charge in [-0.2, -0.15) is 0 Å². The number of methoxy groups -OCH3 is 1. The van der Waals surface area contributed by atoms with Gasteiger partial charge in [-0.3, -0.25) is 0 Å². The minimum Gasteiger partial charge on any atom is -0.497 e. The summed E-state index contributed by atoms with van der Waals surface area (Å²) in [6.45, 7) is 3.37. The fourth-order valence-corrected chi connectivity index (χ4v) is 2.24. The van der Waals surface area contributed by atoms with Crippen LogP contribution >= 0.6 is 15.9 Å². The maximum Gasteiger partial charge on any atom is 0.147 e. The maximum absolute atomic E-state index is 5.71. The van der Waals surface area contributed by atoms with Crippen molar-refractivity contribution in [1.82, 2.24) is 9.55 Å². The highest BCUT2D eigenvalue weighted by molar-refractivity contribution is 9.10. The summed E-state index contributed by atoms with van der Waals surface area (Å²) in [6.07, 6.45) is 1.79. The average molecular weight is 311 g/mol. The Bertz CT molecular complexity index is 525. The van der Waals surface area contributed by atoms with E-state index in [0.29, 0.717) is 6.61 Å². The van der Waals surface area contributed by atoms with Crippen LogP contribution in [0.25, 0.3) is 0 Å². The Morgan fingerprint density at radius 1 is 1.33 bits per heavy atom. The van der Waals surface area contributed by atoms with Gasteiger partial charge in [0.05, 0.1) is 13.3 Å². The summed E-state index contributed by atoms with van der Waals surface area (Å²) in [4.78, 5) is 4.30. The lowest BCUT2D eigenvalue weighted by molar-refractivity contribution is 0.287. The van der Waals surface area contributed by atoms with Crippen LogP contribution in [0.3, 0.4) is 0 Å². The molecule has 0 radical (unpaired) electrons. The zero-order valence-corrected chi connectivity index (χ0v) is 12.0. The molecule has 2 rings (SSSR count). The first-order valence-electron chi connectivity index (χ1n) is 5.71. The highest BCUT2D eigenvalue weighted by Gasteiger charge is 2.07. The van der Waals surface area contributed by atoms with Crippen LogP contribution in [0.2, 0.25) is 0 Å². The Morgan fingerprint density at radius 3 is 2.83 bits per heavy atom. The van der Waals surface area contributed by atoms with Crippen LogP contribution in [-0.4, -0.2) is 16.7 Å². The van der Waals surface area contributed by atoms with Crippen LogP contribution in [0.1, 0.15) is 12.7 Å². The number of halogens is 1. The van der Waals surface area contributed by atoms with Crippen molar-refractivity contribution in [1.29, 1.82) is 0 Å². The van der Waals surface area contributed by atoms with Gasteiger partial charge in [0.15, 0.2) is 0 Å². The molecule has 1 aromatic carbocycles. The van der Waals surface area contributed by atoms with Gasteiger partial charge >= 0.3 is 0 Å². The Balaban J connectivity index is 2.06. The van der Waals surface area contributed by atoms with Gasteiger partial charge in [-0.15, -0.1) is 0 Å². The fourth-order valence-electron chi connectivity index (χ4n) is 1.68. The first-order valence-corrected chi connectivity index (χ1v) is 6.50. The van der Waals surface area contributed by atoms with E-state index >= 15 is 0 Å². The molecule has 0 N–H and O–H groups in total. The second kappa shape index (κ2) is 5.91. The van der Waals surface area contributed by atoms with Gasteiger partial charge < -0.3 is 14.0 Å². The van der Waals surface area contributed by atoms with Crippen LogP contribution in [0.4, 0.5) is 0 Å². The van der Waals surface area contributed by atoms with E-state index in [4.69, 9.17) is 9.47 Å². The average Bonchev–Trinajstić information content (AvgIpc) is 2.77. The van der Waals surface area contributed by atoms with Crippen molar-refractivity contribution in [2.75, 3.05) is 7.11 Å². The molecule has 0 saturated carbocycles. The van der Waals surface area contributed by atoms with E-state index in [2.05, 4.69) is 32.4 Å². The lowest BCUT2D eigenvalue weighted by atomic mass is 10.3. The van der Waals surface area contributed by atoms with Crippen LogP contribution in [0, 0.1) is 0 Å². The molecule has 0 atom stereocenters. The van der Waals surface area contributed by atoms with Crippen LogP contribution in [0.15, 0.2) is 35.1 Å². The first-order chi connectivity index (χ1) is 8.74. The molecule has 4 nitrogen and oxygen atoms in total. The standard InChI is InChI=1S/C13H15BrN2O2/c1-3-16-12(14)8-15-13(16)9-18-11-6-4-5-10(7-11)17-2/h4-8H,3,9H2,1-2H3. The summed E-state index contributed by atoms with van der Waals surface area (Å²) in [5.41, 5.74) is 0. The third-order valence-corrected chi connectivity index (χ3v) is 3.25. The highest BCUT2D eigenvalue weighted by Crippen LogP contribution is 2.20. The van der Waals surface area contributed by atoms with E-state index < -0.39 is 0 Å². The quantitative estimate of drug-likeness (QED) is 0.850. The SMILES string of the molecule is CCn1c(Br)cnc1COc1cccc(OC)c1. The third-order valence-electron chi connectivity index (χ3n) is 2.61. The molecule has 96 valence electrons. The zero-order valence-electron chi connectivity index (χ0n) is 10.4. The monoisotopic (exact) mass is 310 g/mol. The molecule has 0 amide bonds. The number of aromatic nitrogens is 2. The van der Waals surface area contributed by atoms with Crippen molar-refractivity contribution in [3.63, 3.8) is 0 Å². The normalized spacial score (nSPS) is 10.4. The minimum absolute atomic E-state index is 0.437. The molecule has 1 heterocycles. The molecule has 0 aliphatic rings. The minimum atomic E-state index is 0.437. The van der Waals surface area contributed by atoms with Gasteiger partial charge in [0, 0.05) is 12.6 Å². The molecule has 0 spiro atoms. The van der Waals surface area contributed by atoms with E-state index in [1.165, 1.54) is 0 Å². The Morgan fingerprint density at radius 2 is 2.11 bits per heavy atom. The first kappa shape index (κ1) is 13.0. The van der Waals surface area contributed by atoms with Crippen molar-refractivity contribution < 1.29 is 9.47 Å². The summed E-state index contributed by atoms with van der Waals surface area (Å²) in [6, 6.07) is 7.54. The summed E-state index contributed by atoms with van der Waals surface area (Å²) in [5, 5.41) is 0. The largest absolute Gasteiger partial charge is 0.497 e. The Labute approximate surface area is 115 Å². The van der Waals surface area contributed by atoms with Crippen molar-refractivity contribution in [2.24, 2.45) is 0 Å². The second-order valence-corrected chi connectivity index (χ2v) is 4.52. The summed E-state index contributed by atoms with van der Waals surface area (Å²) in [7, 11) is 1.64. The summed E-state index contributed by atoms with van der Waals surface area (Å²) in [5.74, 6) is 2.45. The number of imidazole rings is 1. The van der Waals surface area contributed by atoms with E-state index in [0.717, 1.165) is 28.5 Å². The number of nitrogens with zero attached hydrogens (tertiary/aromatic N) is 2. The molecule has 5 heteroatoms. The molecular weight excluding hydrogens is 296 g/mol. The van der Waals surface area contributed by atoms with Crippen molar-refractivity contribution in [2.45, 2.75) is 20.1 Å². The predicted octanol–water partition coefficient (Wildman–Crippen LogP) is 3.25. The molecule has 2 aromatic rings. The highest BCUT2D eigenvalue weighted by atomic mass is 79.9. The second-order valence-electron chi connectivity index (χ2n) is 3.71. The van der Waals surface area contributed by atoms with Crippen molar-refractivity contribution in [3.05, 3.63) is 40.9 Å². The van der Waals surface area contributed by atoms with Crippen molar-refractivity contribution >= 4 is 15.9 Å². The third kappa shape index (κ3) is 2.85. The zero-order chi connectivity index (χ0) is 13.0. The Kier molecular flexibility index (Phi) is 4.25. The lowest BCUT2D eigenvalue weighted by Gasteiger charge is -2.09. The van der Waals surface area contributed by atoms with Gasteiger partial charge in [-0.1, -0.05) is 6.07 Å². The van der Waals surface area contributed by atoms with Crippen molar-refractivity contribution in [3.8, 4) is 11.5 Å². The lowest BCUT2D eigenvalue weighted by Crippen LogP contribution is -2.06. The van der Waals surface area contributed by atoms with E-state index in [1.54, 1.807) is 13.3 Å². The molecule has 1 aromatic heterocycles. The van der Waals surface area contributed by atoms with Crippen LogP contribution in [-0.2, 0) is 13.2 Å². The van der Waals surface area contributed by atoms with Gasteiger partial charge in [-0.05, 0) is 35.0 Å². The predicted molar refractivity (Wildman–Crippen MR) is 72.9 cm³/mol. The van der Waals surface area contributed by atoms with Crippen LogP contribution < -0.4 is 9.47 Å². The molecule has 0 aliphatic heterocycles. The molecule has 0 aliphatic carbocycles. The number of benzene rings is 1. The smallest absolute Gasteiger partial charge is 0.147 e. The van der Waals surface area contributed by atoms with Gasteiger partial charge in [-0.25, -0.2) is 4.98 Å². The van der Waals surface area contributed by atoms with Gasteiger partial charge in [0.25, 0.3) is 0 Å². The number of hydrogen-bond acceptors (Lipinski definition) is 3. The summed E-state index contributed by atoms with van der Waals surface area (Å²) < 4.78 is 13.9. The van der Waals surface area contributed by atoms with E-state index in [9.17, 15) is 0 Å². The molecule has 0 saturated heterocycles. The topological polar surface area (TPSA) is 36.3 Å².